The third kappa shape index (κ3) is 4.25. The maximum atomic E-state index is 12.3. The lowest BCUT2D eigenvalue weighted by atomic mass is 10.1. The second kappa shape index (κ2) is 8.74. The van der Waals surface area contributed by atoms with Crippen LogP contribution in [0.15, 0.2) is 77.9 Å². The molecule has 0 radical (unpaired) electrons. The molecule has 4 aromatic rings. The Hall–Kier alpha value is -3.08. The second-order valence-corrected chi connectivity index (χ2v) is 7.81. The van der Waals surface area contributed by atoms with Gasteiger partial charge in [-0.05, 0) is 55.0 Å². The van der Waals surface area contributed by atoms with Crippen LogP contribution in [0.2, 0.25) is 10.0 Å². The first-order valence-corrected chi connectivity index (χ1v) is 10.2. The van der Waals surface area contributed by atoms with Crippen molar-refractivity contribution in [1.82, 2.24) is 9.99 Å². The third-order valence-electron chi connectivity index (χ3n) is 5.00. The quantitative estimate of drug-likeness (QED) is 0.300. The van der Waals surface area contributed by atoms with Crippen LogP contribution in [0.25, 0.3) is 10.9 Å². The smallest absolute Gasteiger partial charge is 0.271 e. The minimum atomic E-state index is -0.287. The van der Waals surface area contributed by atoms with E-state index in [0.29, 0.717) is 17.1 Å². The maximum Gasteiger partial charge on any atom is 0.271 e. The van der Waals surface area contributed by atoms with Gasteiger partial charge in [0, 0.05) is 44.3 Å². The molecule has 6 heteroatoms. The summed E-state index contributed by atoms with van der Waals surface area (Å²) < 4.78 is 2.24. The molecular weight excluding hydrogens is 417 g/mol. The van der Waals surface area contributed by atoms with Crippen molar-refractivity contribution in [2.24, 2.45) is 5.10 Å². The van der Waals surface area contributed by atoms with Crippen LogP contribution in [-0.4, -0.2) is 16.7 Å². The zero-order chi connectivity index (χ0) is 21.1. The minimum Gasteiger partial charge on any atom is -0.340 e. The largest absolute Gasteiger partial charge is 0.340 e. The van der Waals surface area contributed by atoms with Gasteiger partial charge in [0.15, 0.2) is 0 Å². The zero-order valence-electron chi connectivity index (χ0n) is 16.3. The van der Waals surface area contributed by atoms with Crippen LogP contribution < -0.4 is 5.43 Å². The summed E-state index contributed by atoms with van der Waals surface area (Å²) in [5.74, 6) is -0.287. The van der Waals surface area contributed by atoms with Gasteiger partial charge >= 0.3 is 0 Å². The number of fused-ring (bicyclic) bond motifs is 1. The Kier molecular flexibility index (Phi) is 5.88. The van der Waals surface area contributed by atoms with Gasteiger partial charge in [0.1, 0.15) is 0 Å². The molecule has 0 atom stereocenters. The van der Waals surface area contributed by atoms with Crippen LogP contribution in [0.1, 0.15) is 27.2 Å². The fraction of sp³-hybridized carbons (Fsp3) is 0.0833. The first-order chi connectivity index (χ1) is 14.5. The van der Waals surface area contributed by atoms with Gasteiger partial charge in [-0.15, -0.1) is 0 Å². The predicted octanol–water partition coefficient (Wildman–Crippen LogP) is 6.07. The lowest BCUT2D eigenvalue weighted by Crippen LogP contribution is -2.17. The number of rotatable bonds is 5. The normalized spacial score (nSPS) is 11.3. The van der Waals surface area contributed by atoms with Crippen LogP contribution in [-0.2, 0) is 6.54 Å². The molecule has 1 N–H and O–H groups in total. The van der Waals surface area contributed by atoms with Crippen molar-refractivity contribution in [1.29, 1.82) is 0 Å². The molecule has 1 heterocycles. The van der Waals surface area contributed by atoms with E-state index >= 15 is 0 Å². The van der Waals surface area contributed by atoms with Gasteiger partial charge in [-0.2, -0.15) is 5.10 Å². The van der Waals surface area contributed by atoms with Crippen molar-refractivity contribution in [2.75, 3.05) is 0 Å². The van der Waals surface area contributed by atoms with Gasteiger partial charge in [0.2, 0.25) is 0 Å². The van der Waals surface area contributed by atoms with Gasteiger partial charge < -0.3 is 4.57 Å². The number of halogens is 2. The van der Waals surface area contributed by atoms with Crippen molar-refractivity contribution in [3.63, 3.8) is 0 Å². The van der Waals surface area contributed by atoms with Gasteiger partial charge in [-0.3, -0.25) is 4.79 Å². The van der Waals surface area contributed by atoms with E-state index in [1.54, 1.807) is 30.5 Å². The Morgan fingerprint density at radius 2 is 1.60 bits per heavy atom. The van der Waals surface area contributed by atoms with E-state index in [2.05, 4.69) is 34.2 Å². The highest BCUT2D eigenvalue weighted by Gasteiger charge is 2.13. The standard InChI is InChI=1S/C24H19Cl2N3O/c1-16-22(14-27-28-24(30)18-8-12-20(26)13-9-18)21-4-2-3-5-23(21)29(16)15-17-6-10-19(25)11-7-17/h2-14H,15H2,1H3,(H,28,30)/b27-14-. The Morgan fingerprint density at radius 3 is 2.30 bits per heavy atom. The summed E-state index contributed by atoms with van der Waals surface area (Å²) >= 11 is 11.9. The number of carbonyl (C=O) groups is 1. The molecule has 3 aromatic carbocycles. The topological polar surface area (TPSA) is 46.4 Å². The highest BCUT2D eigenvalue weighted by molar-refractivity contribution is 6.30. The summed E-state index contributed by atoms with van der Waals surface area (Å²) in [7, 11) is 0. The number of nitrogens with one attached hydrogen (secondary N) is 1. The lowest BCUT2D eigenvalue weighted by Gasteiger charge is -2.09. The molecule has 0 aliphatic rings. The Labute approximate surface area is 184 Å². The first-order valence-electron chi connectivity index (χ1n) is 9.44. The number of hydrogen-bond acceptors (Lipinski definition) is 2. The third-order valence-corrected chi connectivity index (χ3v) is 5.50. The molecular formula is C24H19Cl2N3O. The predicted molar refractivity (Wildman–Crippen MR) is 124 cm³/mol. The van der Waals surface area contributed by atoms with Crippen molar-refractivity contribution in [2.45, 2.75) is 13.5 Å². The van der Waals surface area contributed by atoms with Crippen LogP contribution in [0.3, 0.4) is 0 Å². The van der Waals surface area contributed by atoms with Gasteiger partial charge in [-0.25, -0.2) is 5.43 Å². The molecule has 0 saturated heterocycles. The number of carbonyl (C=O) groups excluding carboxylic acids is 1. The second-order valence-electron chi connectivity index (χ2n) is 6.93. The van der Waals surface area contributed by atoms with Gasteiger partial charge in [0.25, 0.3) is 5.91 Å². The molecule has 4 rings (SSSR count). The molecule has 150 valence electrons. The summed E-state index contributed by atoms with van der Waals surface area (Å²) in [5.41, 5.74) is 7.38. The highest BCUT2D eigenvalue weighted by Crippen LogP contribution is 2.26. The molecule has 0 saturated carbocycles. The molecule has 0 aliphatic carbocycles. The SMILES string of the molecule is Cc1c(/C=N\NC(=O)c2ccc(Cl)cc2)c2ccccc2n1Cc1ccc(Cl)cc1. The summed E-state index contributed by atoms with van der Waals surface area (Å²) in [6.07, 6.45) is 1.70. The monoisotopic (exact) mass is 435 g/mol. The van der Waals surface area contributed by atoms with Gasteiger partial charge in [-0.1, -0.05) is 53.5 Å². The Bertz CT molecular complexity index is 1230. The molecule has 1 aromatic heterocycles. The van der Waals surface area contributed by atoms with Crippen LogP contribution >= 0.6 is 23.2 Å². The van der Waals surface area contributed by atoms with E-state index < -0.39 is 0 Å². The molecule has 1 amide bonds. The molecule has 0 aliphatic heterocycles. The highest BCUT2D eigenvalue weighted by atomic mass is 35.5. The molecule has 4 nitrogen and oxygen atoms in total. The van der Waals surface area contributed by atoms with Crippen LogP contribution in [0, 0.1) is 6.92 Å². The van der Waals surface area contributed by atoms with Crippen molar-refractivity contribution in [3.8, 4) is 0 Å². The fourth-order valence-electron chi connectivity index (χ4n) is 3.42. The molecule has 0 spiro atoms. The van der Waals surface area contributed by atoms with Crippen molar-refractivity contribution >= 4 is 46.2 Å². The number of nitrogens with zero attached hydrogens (tertiary/aromatic N) is 2. The van der Waals surface area contributed by atoms with E-state index in [9.17, 15) is 4.79 Å². The number of para-hydroxylation sites is 1. The number of hydrazone groups is 1. The minimum absolute atomic E-state index is 0.287. The van der Waals surface area contributed by atoms with Crippen LogP contribution in [0.4, 0.5) is 0 Å². The number of aromatic nitrogens is 1. The average Bonchev–Trinajstić information content (AvgIpc) is 3.01. The molecule has 30 heavy (non-hydrogen) atoms. The summed E-state index contributed by atoms with van der Waals surface area (Å²) in [5, 5.41) is 6.57. The van der Waals surface area contributed by atoms with E-state index in [4.69, 9.17) is 23.2 Å². The summed E-state index contributed by atoms with van der Waals surface area (Å²) in [6, 6.07) is 22.7. The van der Waals surface area contributed by atoms with E-state index in [0.717, 1.165) is 32.7 Å². The average molecular weight is 436 g/mol. The lowest BCUT2D eigenvalue weighted by molar-refractivity contribution is 0.0955. The Morgan fingerprint density at radius 1 is 0.967 bits per heavy atom. The summed E-state index contributed by atoms with van der Waals surface area (Å²) in [4.78, 5) is 12.3. The maximum absolute atomic E-state index is 12.3. The van der Waals surface area contributed by atoms with E-state index in [1.807, 2.05) is 36.4 Å². The molecule has 0 bridgehead atoms. The Balaban J connectivity index is 1.61. The fourth-order valence-corrected chi connectivity index (χ4v) is 3.67. The molecule has 0 unspecified atom stereocenters. The van der Waals surface area contributed by atoms with Gasteiger partial charge in [0.05, 0.1) is 6.21 Å². The number of hydrogen-bond donors (Lipinski definition) is 1. The van der Waals surface area contributed by atoms with E-state index in [-0.39, 0.29) is 5.91 Å². The first kappa shape index (κ1) is 20.2. The zero-order valence-corrected chi connectivity index (χ0v) is 17.8. The number of benzene rings is 3. The molecule has 0 fully saturated rings. The summed E-state index contributed by atoms with van der Waals surface area (Å²) in [6.45, 7) is 2.77. The number of amides is 1. The van der Waals surface area contributed by atoms with Crippen LogP contribution in [0.5, 0.6) is 0 Å². The van der Waals surface area contributed by atoms with E-state index in [1.165, 1.54) is 0 Å². The van der Waals surface area contributed by atoms with Crippen molar-refractivity contribution in [3.05, 3.63) is 105 Å². The van der Waals surface area contributed by atoms with Crippen molar-refractivity contribution < 1.29 is 4.79 Å².